The Bertz CT molecular complexity index is 413. The number of carboxylic acids is 1. The highest BCUT2D eigenvalue weighted by Gasteiger charge is 2.35. The molecule has 0 spiro atoms. The molecule has 1 aliphatic rings. The number of amides is 1. The summed E-state index contributed by atoms with van der Waals surface area (Å²) in [6, 6.07) is 0.226. The third kappa shape index (κ3) is 11.3. The molecule has 0 heterocycles. The average Bonchev–Trinajstić information content (AvgIpc) is 2.79. The third-order valence-corrected chi connectivity index (χ3v) is 3.72. The molecule has 0 aliphatic heterocycles. The van der Waals surface area contributed by atoms with Crippen molar-refractivity contribution in [2.45, 2.75) is 105 Å². The molecule has 1 rings (SSSR count). The predicted molar refractivity (Wildman–Crippen MR) is 104 cm³/mol. The van der Waals surface area contributed by atoms with Crippen LogP contribution in [0, 0.1) is 5.41 Å². The fourth-order valence-corrected chi connectivity index (χ4v) is 2.65. The number of aliphatic hydroxyl groups excluding tert-OH is 1. The average molecular weight is 377 g/mol. The number of alkyl carbamates (subject to hydrolysis) is 1. The predicted octanol–water partition coefficient (Wildman–Crippen LogP) is 3.15. The summed E-state index contributed by atoms with van der Waals surface area (Å²) in [6.45, 7) is 13.8. The lowest BCUT2D eigenvalue weighted by Gasteiger charge is -2.28. The molecule has 1 aliphatic carbocycles. The molecule has 0 aromatic heterocycles. The van der Waals surface area contributed by atoms with Crippen LogP contribution in [0.15, 0.2) is 0 Å². The van der Waals surface area contributed by atoms with E-state index in [4.69, 9.17) is 9.84 Å². The second-order valence-corrected chi connectivity index (χ2v) is 8.20. The number of aliphatic hydroxyl groups is 1. The third-order valence-electron chi connectivity index (χ3n) is 3.72. The van der Waals surface area contributed by atoms with E-state index >= 15 is 0 Å². The molecule has 0 unspecified atom stereocenters. The Morgan fingerprint density at radius 1 is 1.08 bits per heavy atom. The summed E-state index contributed by atoms with van der Waals surface area (Å²) in [7, 11) is 0. The topological polar surface area (TPSA) is 108 Å². The second-order valence-electron chi connectivity index (χ2n) is 8.20. The highest BCUT2D eigenvalue weighted by atomic mass is 16.6. The first-order valence-corrected chi connectivity index (χ1v) is 8.98. The Hall–Kier alpha value is -1.34. The van der Waals surface area contributed by atoms with E-state index in [2.05, 4.69) is 38.3 Å². The maximum absolute atomic E-state index is 11.6. The first-order valence-electron chi connectivity index (χ1n) is 8.98. The van der Waals surface area contributed by atoms with Gasteiger partial charge in [0.25, 0.3) is 0 Å². The van der Waals surface area contributed by atoms with Crippen LogP contribution in [0.5, 0.6) is 0 Å². The number of rotatable bonds is 5. The van der Waals surface area contributed by atoms with Gasteiger partial charge in [0.15, 0.2) is 0 Å². The molecule has 0 aromatic carbocycles. The molecule has 4 N–H and O–H groups in total. The van der Waals surface area contributed by atoms with E-state index in [9.17, 15) is 14.7 Å². The lowest BCUT2D eigenvalue weighted by Crippen LogP contribution is -2.50. The largest absolute Gasteiger partial charge is 0.480 e. The van der Waals surface area contributed by atoms with Crippen molar-refractivity contribution in [1.29, 1.82) is 0 Å². The molecule has 1 fully saturated rings. The van der Waals surface area contributed by atoms with Gasteiger partial charge in [-0.3, -0.25) is 0 Å². The summed E-state index contributed by atoms with van der Waals surface area (Å²) in [5.41, 5.74) is -0.612. The van der Waals surface area contributed by atoms with Crippen molar-refractivity contribution in [3.05, 3.63) is 0 Å². The summed E-state index contributed by atoms with van der Waals surface area (Å²) in [5, 5.41) is 24.2. The van der Waals surface area contributed by atoms with Crippen molar-refractivity contribution in [3.63, 3.8) is 0 Å². The zero-order valence-corrected chi connectivity index (χ0v) is 16.6. The molecule has 7 nitrogen and oxygen atoms in total. The number of nitrogens with one attached hydrogen (secondary N) is 2. The number of carboxylic acid groups (broad SMARTS) is 1. The quantitative estimate of drug-likeness (QED) is 0.587. The summed E-state index contributed by atoms with van der Waals surface area (Å²) >= 11 is 0. The van der Waals surface area contributed by atoms with Gasteiger partial charge in [0.2, 0.25) is 0 Å². The van der Waals surface area contributed by atoms with Crippen molar-refractivity contribution in [3.8, 4) is 0 Å². The Morgan fingerprint density at radius 3 is 1.85 bits per heavy atom. The van der Waals surface area contributed by atoms with E-state index in [0.717, 1.165) is 6.42 Å². The van der Waals surface area contributed by atoms with Gasteiger partial charge in [0.05, 0.1) is 6.10 Å². The Kier molecular flexibility index (Phi) is 12.5. The van der Waals surface area contributed by atoms with Crippen LogP contribution in [0.3, 0.4) is 0 Å². The van der Waals surface area contributed by atoms with Gasteiger partial charge in [-0.15, -0.1) is 0 Å². The molecule has 7 heteroatoms. The van der Waals surface area contributed by atoms with Gasteiger partial charge >= 0.3 is 12.1 Å². The van der Waals surface area contributed by atoms with Crippen LogP contribution >= 0.6 is 0 Å². The first-order chi connectivity index (χ1) is 11.3. The van der Waals surface area contributed by atoms with Crippen molar-refractivity contribution < 1.29 is 24.5 Å². The van der Waals surface area contributed by atoms with Crippen LogP contribution in [-0.2, 0) is 9.53 Å². The van der Waals surface area contributed by atoms with Gasteiger partial charge in [-0.2, -0.15) is 0 Å². The van der Waals surface area contributed by atoms with Gasteiger partial charge in [-0.25, -0.2) is 9.59 Å². The van der Waals surface area contributed by atoms with Gasteiger partial charge in [-0.05, 0) is 24.7 Å². The van der Waals surface area contributed by atoms with Gasteiger partial charge < -0.3 is 25.6 Å². The van der Waals surface area contributed by atoms with Crippen LogP contribution in [0.25, 0.3) is 0 Å². The standard InChI is InChI=1S/C12H21NO5.C6H15N.CH4/c1-12(2,3)9(10(15)16)13-11(17)18-8-6-4-5-7(8)14;1-5(2)7-6(3)4;/h7-9,14H,4-6H2,1-3H3,(H,13,17)(H,15,16);5-7H,1-4H3;1H4/t7-,8-,9-;;/m1../s1. The molecule has 0 radical (unpaired) electrons. The number of carbonyl (C=O) groups is 2. The SMILES string of the molecule is C.CC(C)(C)[C@H](NC(=O)O[C@@H]1CCC[C@H]1O)C(=O)O.CC(C)NC(C)C. The van der Waals surface area contributed by atoms with Crippen LogP contribution < -0.4 is 10.6 Å². The number of hydrogen-bond acceptors (Lipinski definition) is 5. The van der Waals surface area contributed by atoms with E-state index in [-0.39, 0.29) is 7.43 Å². The van der Waals surface area contributed by atoms with Crippen molar-refractivity contribution >= 4 is 12.1 Å². The van der Waals surface area contributed by atoms with E-state index < -0.39 is 35.7 Å². The molecule has 0 saturated heterocycles. The number of hydrogen-bond donors (Lipinski definition) is 4. The van der Waals surface area contributed by atoms with Crippen LogP contribution in [-0.4, -0.2) is 52.6 Å². The maximum atomic E-state index is 11.6. The maximum Gasteiger partial charge on any atom is 0.408 e. The van der Waals surface area contributed by atoms with E-state index in [0.29, 0.717) is 24.9 Å². The van der Waals surface area contributed by atoms with Crippen LogP contribution in [0.2, 0.25) is 0 Å². The number of aliphatic carboxylic acids is 1. The van der Waals surface area contributed by atoms with Crippen LogP contribution in [0.1, 0.15) is 75.2 Å². The summed E-state index contributed by atoms with van der Waals surface area (Å²) in [5.74, 6) is -1.11. The fourth-order valence-electron chi connectivity index (χ4n) is 2.65. The van der Waals surface area contributed by atoms with E-state index in [1.807, 2.05) is 0 Å². The van der Waals surface area contributed by atoms with Gasteiger partial charge in [0.1, 0.15) is 12.1 Å². The zero-order valence-electron chi connectivity index (χ0n) is 16.6. The summed E-state index contributed by atoms with van der Waals surface area (Å²) in [6.07, 6.45) is 0.0682. The normalized spacial score (nSPS) is 20.7. The lowest BCUT2D eigenvalue weighted by atomic mass is 9.87. The summed E-state index contributed by atoms with van der Waals surface area (Å²) < 4.78 is 5.04. The van der Waals surface area contributed by atoms with Gasteiger partial charge in [-0.1, -0.05) is 55.9 Å². The molecular weight excluding hydrogens is 336 g/mol. The smallest absolute Gasteiger partial charge is 0.408 e. The Balaban J connectivity index is 0. The second kappa shape index (κ2) is 12.1. The van der Waals surface area contributed by atoms with Crippen molar-refractivity contribution in [2.24, 2.45) is 5.41 Å². The van der Waals surface area contributed by atoms with E-state index in [1.165, 1.54) is 0 Å². The van der Waals surface area contributed by atoms with Gasteiger partial charge in [0, 0.05) is 12.1 Å². The zero-order chi connectivity index (χ0) is 19.8. The molecule has 26 heavy (non-hydrogen) atoms. The van der Waals surface area contributed by atoms with Crippen molar-refractivity contribution in [2.75, 3.05) is 0 Å². The number of carbonyl (C=O) groups excluding carboxylic acids is 1. The lowest BCUT2D eigenvalue weighted by molar-refractivity contribution is -0.142. The molecule has 156 valence electrons. The molecule has 1 amide bonds. The fraction of sp³-hybridized carbons (Fsp3) is 0.895. The van der Waals surface area contributed by atoms with Crippen molar-refractivity contribution in [1.82, 2.24) is 10.6 Å². The van der Waals surface area contributed by atoms with E-state index in [1.54, 1.807) is 20.8 Å². The molecule has 1 saturated carbocycles. The molecular formula is C19H40N2O5. The number of ether oxygens (including phenoxy) is 1. The molecule has 3 atom stereocenters. The minimum atomic E-state index is -1.11. The minimum absolute atomic E-state index is 0. The Morgan fingerprint density at radius 2 is 1.58 bits per heavy atom. The van der Waals surface area contributed by atoms with Crippen LogP contribution in [0.4, 0.5) is 4.79 Å². The Labute approximate surface area is 158 Å². The monoisotopic (exact) mass is 376 g/mol. The minimum Gasteiger partial charge on any atom is -0.480 e. The molecule has 0 bridgehead atoms. The molecule has 0 aromatic rings. The highest BCUT2D eigenvalue weighted by molar-refractivity contribution is 5.80. The summed E-state index contributed by atoms with van der Waals surface area (Å²) in [4.78, 5) is 22.7. The first kappa shape index (κ1) is 26.9. The highest BCUT2D eigenvalue weighted by Crippen LogP contribution is 2.23.